The fraction of sp³-hybridized carbons (Fsp3) is 0.273. The summed E-state index contributed by atoms with van der Waals surface area (Å²) in [7, 11) is 0. The van der Waals surface area contributed by atoms with Gasteiger partial charge in [-0.05, 0) is 61.1 Å². The molecule has 1 aliphatic carbocycles. The van der Waals surface area contributed by atoms with Crippen molar-refractivity contribution < 1.29 is 9.90 Å². The summed E-state index contributed by atoms with van der Waals surface area (Å²) in [4.78, 5) is 17.1. The molecule has 26 heavy (non-hydrogen) atoms. The zero-order valence-corrected chi connectivity index (χ0v) is 15.7. The molecule has 0 saturated heterocycles. The monoisotopic (exact) mass is 363 g/mol. The molecule has 1 aliphatic rings. The number of aliphatic carboxylic acids is 1. The molecule has 0 bridgehead atoms. The molecule has 132 valence electrons. The maximum atomic E-state index is 11.6. The van der Waals surface area contributed by atoms with Gasteiger partial charge in [-0.15, -0.1) is 11.8 Å². The Labute approximate surface area is 157 Å². The summed E-state index contributed by atoms with van der Waals surface area (Å²) in [5.74, 6) is -0.149. The fourth-order valence-electron chi connectivity index (χ4n) is 3.27. The van der Waals surface area contributed by atoms with Crippen molar-refractivity contribution in [2.75, 3.05) is 0 Å². The van der Waals surface area contributed by atoms with E-state index in [-0.39, 0.29) is 0 Å². The molecule has 4 rings (SSSR count). The van der Waals surface area contributed by atoms with Crippen molar-refractivity contribution in [3.8, 4) is 11.3 Å². The van der Waals surface area contributed by atoms with Crippen LogP contribution in [0.3, 0.4) is 0 Å². The van der Waals surface area contributed by atoms with Crippen LogP contribution < -0.4 is 0 Å². The van der Waals surface area contributed by atoms with Crippen LogP contribution in [0.4, 0.5) is 0 Å². The lowest BCUT2D eigenvalue weighted by Gasteiger charge is -2.20. The average molecular weight is 363 g/mol. The highest BCUT2D eigenvalue weighted by atomic mass is 32.2. The molecule has 0 atom stereocenters. The van der Waals surface area contributed by atoms with Crippen molar-refractivity contribution in [3.05, 3.63) is 60.3 Å². The minimum atomic E-state index is -0.915. The molecule has 1 saturated carbocycles. The molecule has 0 aliphatic heterocycles. The molecule has 1 aromatic heterocycles. The molecule has 1 fully saturated rings. The lowest BCUT2D eigenvalue weighted by molar-refractivity contribution is -0.138. The quantitative estimate of drug-likeness (QED) is 0.588. The summed E-state index contributed by atoms with van der Waals surface area (Å²) in [6.45, 7) is 3.45. The van der Waals surface area contributed by atoms with Crippen LogP contribution in [0, 0.1) is 0 Å². The van der Waals surface area contributed by atoms with E-state index in [1.165, 1.54) is 40.9 Å². The molecule has 1 heterocycles. The van der Waals surface area contributed by atoms with Crippen LogP contribution >= 0.6 is 11.8 Å². The molecule has 3 aromatic rings. The third-order valence-electron chi connectivity index (χ3n) is 4.88. The van der Waals surface area contributed by atoms with Gasteiger partial charge in [0.15, 0.2) is 0 Å². The lowest BCUT2D eigenvalue weighted by atomic mass is 9.95. The number of carboxylic acids is 1. The minimum absolute atomic E-state index is 0.678. The first-order chi connectivity index (χ1) is 12.5. The van der Waals surface area contributed by atoms with Gasteiger partial charge in [0.25, 0.3) is 0 Å². The van der Waals surface area contributed by atoms with E-state index in [0.29, 0.717) is 5.92 Å². The van der Waals surface area contributed by atoms with Gasteiger partial charge in [-0.1, -0.05) is 36.4 Å². The van der Waals surface area contributed by atoms with E-state index in [2.05, 4.69) is 41.4 Å². The predicted molar refractivity (Wildman–Crippen MR) is 107 cm³/mol. The number of thioether (sulfide) groups is 1. The third-order valence-corrected chi connectivity index (χ3v) is 6.12. The number of fused-ring (bicyclic) bond motifs is 1. The van der Waals surface area contributed by atoms with Crippen LogP contribution in [0.1, 0.15) is 38.2 Å². The number of hydrogen-bond donors (Lipinski definition) is 1. The number of benzene rings is 2. The summed E-state index contributed by atoms with van der Waals surface area (Å²) in [5, 5.41) is 12.0. The van der Waals surface area contributed by atoms with Gasteiger partial charge in [-0.25, -0.2) is 0 Å². The molecule has 0 spiro atoms. The fourth-order valence-corrected chi connectivity index (χ4v) is 4.32. The molecular weight excluding hydrogens is 342 g/mol. The molecule has 1 N–H and O–H groups in total. The second-order valence-corrected chi connectivity index (χ2v) is 8.95. The second-order valence-electron chi connectivity index (χ2n) is 7.29. The van der Waals surface area contributed by atoms with Crippen molar-refractivity contribution in [3.63, 3.8) is 0 Å². The van der Waals surface area contributed by atoms with E-state index in [9.17, 15) is 9.90 Å². The SMILES string of the molecule is CC(C)(Sc1cccnc1-c1ccc(C2CC2)c2ccccc12)C(=O)O. The van der Waals surface area contributed by atoms with Crippen molar-refractivity contribution >= 4 is 28.5 Å². The Morgan fingerprint density at radius 3 is 2.50 bits per heavy atom. The van der Waals surface area contributed by atoms with Crippen molar-refractivity contribution in [1.29, 1.82) is 0 Å². The molecule has 3 nitrogen and oxygen atoms in total. The highest BCUT2D eigenvalue weighted by molar-refractivity contribution is 8.01. The summed E-state index contributed by atoms with van der Waals surface area (Å²) < 4.78 is -0.915. The van der Waals surface area contributed by atoms with Crippen LogP contribution in [-0.4, -0.2) is 20.8 Å². The van der Waals surface area contributed by atoms with E-state index in [0.717, 1.165) is 16.2 Å². The summed E-state index contributed by atoms with van der Waals surface area (Å²) in [6, 6.07) is 16.7. The number of rotatable bonds is 5. The number of aromatic nitrogens is 1. The lowest BCUT2D eigenvalue weighted by Crippen LogP contribution is -2.27. The first-order valence-electron chi connectivity index (χ1n) is 8.87. The largest absolute Gasteiger partial charge is 0.480 e. The third kappa shape index (κ3) is 3.10. The van der Waals surface area contributed by atoms with Crippen LogP contribution in [0.2, 0.25) is 0 Å². The van der Waals surface area contributed by atoms with E-state index in [1.54, 1.807) is 20.0 Å². The molecule has 0 radical (unpaired) electrons. The van der Waals surface area contributed by atoms with E-state index in [4.69, 9.17) is 0 Å². The first-order valence-corrected chi connectivity index (χ1v) is 9.68. The van der Waals surface area contributed by atoms with Crippen LogP contribution in [-0.2, 0) is 4.79 Å². The topological polar surface area (TPSA) is 50.2 Å². The zero-order valence-electron chi connectivity index (χ0n) is 14.9. The van der Waals surface area contributed by atoms with Crippen molar-refractivity contribution in [2.24, 2.45) is 0 Å². The van der Waals surface area contributed by atoms with Crippen LogP contribution in [0.5, 0.6) is 0 Å². The first kappa shape index (κ1) is 17.1. The van der Waals surface area contributed by atoms with Gasteiger partial charge in [0.2, 0.25) is 0 Å². The van der Waals surface area contributed by atoms with E-state index < -0.39 is 10.7 Å². The van der Waals surface area contributed by atoms with Gasteiger partial charge in [-0.3, -0.25) is 9.78 Å². The Morgan fingerprint density at radius 1 is 1.08 bits per heavy atom. The number of carbonyl (C=O) groups is 1. The molecule has 2 aromatic carbocycles. The Hall–Kier alpha value is -2.33. The molecule has 4 heteroatoms. The van der Waals surface area contributed by atoms with Gasteiger partial charge >= 0.3 is 5.97 Å². The second kappa shape index (κ2) is 6.44. The molecular formula is C22H21NO2S. The zero-order chi connectivity index (χ0) is 18.3. The highest BCUT2D eigenvalue weighted by Gasteiger charge is 2.30. The van der Waals surface area contributed by atoms with Gasteiger partial charge < -0.3 is 5.11 Å². The number of carboxylic acid groups (broad SMARTS) is 1. The summed E-state index contributed by atoms with van der Waals surface area (Å²) >= 11 is 1.34. The van der Waals surface area contributed by atoms with E-state index >= 15 is 0 Å². The average Bonchev–Trinajstić information content (AvgIpc) is 3.46. The Morgan fingerprint density at radius 2 is 1.81 bits per heavy atom. The minimum Gasteiger partial charge on any atom is -0.480 e. The smallest absolute Gasteiger partial charge is 0.319 e. The van der Waals surface area contributed by atoms with Crippen LogP contribution in [0.25, 0.3) is 22.0 Å². The normalized spacial score (nSPS) is 14.5. The predicted octanol–water partition coefficient (Wildman–Crippen LogP) is 5.73. The van der Waals surface area contributed by atoms with Gasteiger partial charge in [0.1, 0.15) is 4.75 Å². The Kier molecular flexibility index (Phi) is 4.23. The maximum Gasteiger partial charge on any atom is 0.319 e. The number of pyridine rings is 1. The van der Waals surface area contributed by atoms with Crippen molar-refractivity contribution in [2.45, 2.75) is 42.2 Å². The summed E-state index contributed by atoms with van der Waals surface area (Å²) in [6.07, 6.45) is 4.30. The number of nitrogens with zero attached hydrogens (tertiary/aromatic N) is 1. The standard InChI is InChI=1S/C22H21NO2S/c1-22(2,21(24)25)26-19-8-5-13-23-20(19)18-12-11-15(14-9-10-14)16-6-3-4-7-17(16)18/h3-8,11-14H,9-10H2,1-2H3,(H,24,25). The maximum absolute atomic E-state index is 11.6. The highest BCUT2D eigenvalue weighted by Crippen LogP contribution is 2.46. The Bertz CT molecular complexity index is 992. The van der Waals surface area contributed by atoms with Crippen molar-refractivity contribution in [1.82, 2.24) is 4.98 Å². The summed E-state index contributed by atoms with van der Waals surface area (Å²) in [5.41, 5.74) is 3.33. The Balaban J connectivity index is 1.87. The van der Waals surface area contributed by atoms with Gasteiger partial charge in [0.05, 0.1) is 5.69 Å². The van der Waals surface area contributed by atoms with E-state index in [1.807, 2.05) is 12.1 Å². The van der Waals surface area contributed by atoms with Gasteiger partial charge in [0, 0.05) is 16.7 Å². The molecule has 0 unspecified atom stereocenters. The molecule has 0 amide bonds. The van der Waals surface area contributed by atoms with Crippen LogP contribution in [0.15, 0.2) is 59.6 Å². The number of hydrogen-bond acceptors (Lipinski definition) is 3. The van der Waals surface area contributed by atoms with Gasteiger partial charge in [-0.2, -0.15) is 0 Å².